The molecule has 4 aromatic rings. The number of thioether (sulfide) groups is 1. The Kier molecular flexibility index (Phi) is 5.55. The summed E-state index contributed by atoms with van der Waals surface area (Å²) in [4.78, 5) is 32.6. The number of halogens is 1. The van der Waals surface area contributed by atoms with Gasteiger partial charge in [-0.05, 0) is 43.3 Å². The average molecular weight is 438 g/mol. The van der Waals surface area contributed by atoms with Crippen molar-refractivity contribution in [1.29, 1.82) is 0 Å². The molecule has 0 aliphatic heterocycles. The zero-order valence-corrected chi connectivity index (χ0v) is 18.0. The molecule has 0 fully saturated rings. The summed E-state index contributed by atoms with van der Waals surface area (Å²) in [6.07, 6.45) is 0. The maximum atomic E-state index is 13.5. The van der Waals surface area contributed by atoms with Crippen LogP contribution in [0.1, 0.15) is 18.0 Å². The molecule has 10 heteroatoms. The van der Waals surface area contributed by atoms with E-state index in [1.165, 1.54) is 28.5 Å². The molecule has 1 atom stereocenters. The molecule has 2 aromatic carbocycles. The molecule has 2 aromatic heterocycles. The number of para-hydroxylation sites is 1. The van der Waals surface area contributed by atoms with Gasteiger partial charge in [0.15, 0.2) is 5.16 Å². The van der Waals surface area contributed by atoms with Gasteiger partial charge in [-0.2, -0.15) is 15.0 Å². The summed E-state index contributed by atoms with van der Waals surface area (Å²) in [6.45, 7) is 1.90. The van der Waals surface area contributed by atoms with Crippen molar-refractivity contribution >= 4 is 34.6 Å². The SMILES string of the molecule is CC(Sc1nc2ccccc2c(=O)n1-c1ccc(F)cc1)c1nc(N)nc(N(C)C)n1. The Bertz CT molecular complexity index is 1310. The minimum absolute atomic E-state index is 0.114. The predicted octanol–water partition coefficient (Wildman–Crippen LogP) is 3.21. The monoisotopic (exact) mass is 437 g/mol. The Morgan fingerprint density at radius 3 is 2.45 bits per heavy atom. The summed E-state index contributed by atoms with van der Waals surface area (Å²) in [6, 6.07) is 12.8. The van der Waals surface area contributed by atoms with Gasteiger partial charge in [-0.15, -0.1) is 0 Å². The van der Waals surface area contributed by atoms with Gasteiger partial charge in [0.05, 0.1) is 21.8 Å². The summed E-state index contributed by atoms with van der Waals surface area (Å²) in [5.74, 6) is 0.639. The number of rotatable bonds is 5. The van der Waals surface area contributed by atoms with Crippen molar-refractivity contribution < 1.29 is 4.39 Å². The molecule has 0 saturated heterocycles. The first-order chi connectivity index (χ1) is 14.8. The third kappa shape index (κ3) is 4.19. The molecule has 2 N–H and O–H groups in total. The van der Waals surface area contributed by atoms with Gasteiger partial charge >= 0.3 is 0 Å². The van der Waals surface area contributed by atoms with Gasteiger partial charge in [-0.3, -0.25) is 9.36 Å². The molecule has 0 saturated carbocycles. The third-order valence-corrected chi connectivity index (χ3v) is 5.58. The van der Waals surface area contributed by atoms with Crippen LogP contribution in [0, 0.1) is 5.82 Å². The normalized spacial score (nSPS) is 12.1. The van der Waals surface area contributed by atoms with Crippen LogP contribution in [-0.4, -0.2) is 38.6 Å². The Hall–Kier alpha value is -3.53. The largest absolute Gasteiger partial charge is 0.368 e. The number of nitrogen functional groups attached to an aromatic ring is 1. The molecule has 4 rings (SSSR count). The first-order valence-corrected chi connectivity index (χ1v) is 10.3. The number of nitrogens with two attached hydrogens (primary N) is 1. The van der Waals surface area contributed by atoms with Gasteiger partial charge in [0.2, 0.25) is 11.9 Å². The zero-order valence-electron chi connectivity index (χ0n) is 17.2. The van der Waals surface area contributed by atoms with Crippen molar-refractivity contribution in [1.82, 2.24) is 24.5 Å². The van der Waals surface area contributed by atoms with E-state index in [0.29, 0.717) is 33.5 Å². The molecule has 0 radical (unpaired) electrons. The topological polar surface area (TPSA) is 103 Å². The van der Waals surface area contributed by atoms with Gasteiger partial charge in [0, 0.05) is 14.1 Å². The fourth-order valence-electron chi connectivity index (χ4n) is 3.00. The highest BCUT2D eigenvalue weighted by atomic mass is 32.2. The molecule has 0 aliphatic rings. The molecular weight excluding hydrogens is 417 g/mol. The van der Waals surface area contributed by atoms with Gasteiger partial charge in [-0.25, -0.2) is 9.37 Å². The quantitative estimate of drug-likeness (QED) is 0.375. The molecule has 31 heavy (non-hydrogen) atoms. The summed E-state index contributed by atoms with van der Waals surface area (Å²) < 4.78 is 15.0. The highest BCUT2D eigenvalue weighted by Gasteiger charge is 2.20. The number of benzene rings is 2. The Morgan fingerprint density at radius 2 is 1.74 bits per heavy atom. The molecular formula is C21H20FN7OS. The van der Waals surface area contributed by atoms with E-state index >= 15 is 0 Å². The Balaban J connectivity index is 1.84. The van der Waals surface area contributed by atoms with Crippen molar-refractivity contribution in [2.24, 2.45) is 0 Å². The van der Waals surface area contributed by atoms with Crippen LogP contribution in [0.5, 0.6) is 0 Å². The van der Waals surface area contributed by atoms with Gasteiger partial charge in [-0.1, -0.05) is 23.9 Å². The summed E-state index contributed by atoms with van der Waals surface area (Å²) in [5, 5.41) is 0.625. The van der Waals surface area contributed by atoms with E-state index in [9.17, 15) is 9.18 Å². The van der Waals surface area contributed by atoms with E-state index in [0.717, 1.165) is 0 Å². The number of anilines is 2. The van der Waals surface area contributed by atoms with Crippen LogP contribution in [0.15, 0.2) is 58.5 Å². The van der Waals surface area contributed by atoms with Crippen molar-refractivity contribution in [2.75, 3.05) is 24.7 Å². The van der Waals surface area contributed by atoms with E-state index in [2.05, 4.69) is 15.0 Å². The Morgan fingerprint density at radius 1 is 1.03 bits per heavy atom. The fourth-order valence-corrected chi connectivity index (χ4v) is 3.97. The number of hydrogen-bond acceptors (Lipinski definition) is 8. The summed E-state index contributed by atoms with van der Waals surface area (Å²) in [7, 11) is 3.63. The third-order valence-electron chi connectivity index (χ3n) is 4.53. The zero-order chi connectivity index (χ0) is 22.1. The van der Waals surface area contributed by atoms with E-state index in [1.54, 1.807) is 35.2 Å². The highest BCUT2D eigenvalue weighted by molar-refractivity contribution is 7.99. The van der Waals surface area contributed by atoms with Crippen molar-refractivity contribution in [3.63, 3.8) is 0 Å². The smallest absolute Gasteiger partial charge is 0.266 e. The van der Waals surface area contributed by atoms with E-state index in [-0.39, 0.29) is 22.6 Å². The molecule has 8 nitrogen and oxygen atoms in total. The lowest BCUT2D eigenvalue weighted by atomic mass is 10.2. The highest BCUT2D eigenvalue weighted by Crippen LogP contribution is 2.33. The van der Waals surface area contributed by atoms with Crippen LogP contribution in [0.2, 0.25) is 0 Å². The molecule has 2 heterocycles. The maximum Gasteiger partial charge on any atom is 0.266 e. The summed E-state index contributed by atoms with van der Waals surface area (Å²) in [5.41, 5.74) is 6.71. The van der Waals surface area contributed by atoms with Crippen LogP contribution in [0.25, 0.3) is 16.6 Å². The second-order valence-corrected chi connectivity index (χ2v) is 8.34. The predicted molar refractivity (Wildman–Crippen MR) is 120 cm³/mol. The fraction of sp³-hybridized carbons (Fsp3) is 0.190. The van der Waals surface area contributed by atoms with Crippen LogP contribution in [0.4, 0.5) is 16.3 Å². The molecule has 0 aliphatic carbocycles. The van der Waals surface area contributed by atoms with Gasteiger partial charge in [0.25, 0.3) is 5.56 Å². The molecule has 0 amide bonds. The average Bonchev–Trinajstić information content (AvgIpc) is 2.74. The van der Waals surface area contributed by atoms with Crippen LogP contribution < -0.4 is 16.2 Å². The Labute approximate surface area is 182 Å². The number of fused-ring (bicyclic) bond motifs is 1. The first-order valence-electron chi connectivity index (χ1n) is 9.46. The standard InChI is InChI=1S/C21H20FN7OS/c1-12(17-25-19(23)27-20(26-17)28(2)3)31-21-24-16-7-5-4-6-15(16)18(30)29(21)14-10-8-13(22)9-11-14/h4-12H,1-3H3,(H2,23,25,26,27). The lowest BCUT2D eigenvalue weighted by Gasteiger charge is -2.17. The molecule has 0 spiro atoms. The number of aromatic nitrogens is 5. The van der Waals surface area contributed by atoms with E-state index in [4.69, 9.17) is 10.7 Å². The van der Waals surface area contributed by atoms with Gasteiger partial charge in [0.1, 0.15) is 11.6 Å². The van der Waals surface area contributed by atoms with Crippen molar-refractivity contribution in [3.8, 4) is 5.69 Å². The number of hydrogen-bond donors (Lipinski definition) is 1. The van der Waals surface area contributed by atoms with Crippen LogP contribution in [0.3, 0.4) is 0 Å². The van der Waals surface area contributed by atoms with Crippen LogP contribution in [-0.2, 0) is 0 Å². The lowest BCUT2D eigenvalue weighted by molar-refractivity contribution is 0.627. The van der Waals surface area contributed by atoms with Gasteiger partial charge < -0.3 is 10.6 Å². The lowest BCUT2D eigenvalue weighted by Crippen LogP contribution is -2.22. The van der Waals surface area contributed by atoms with Crippen molar-refractivity contribution in [2.45, 2.75) is 17.3 Å². The minimum Gasteiger partial charge on any atom is -0.368 e. The minimum atomic E-state index is -0.384. The summed E-state index contributed by atoms with van der Waals surface area (Å²) >= 11 is 1.31. The first kappa shape index (κ1) is 20.7. The van der Waals surface area contributed by atoms with Crippen molar-refractivity contribution in [3.05, 3.63) is 70.5 Å². The second-order valence-electron chi connectivity index (χ2n) is 7.03. The second kappa shape index (κ2) is 8.31. The molecule has 1 unspecified atom stereocenters. The van der Waals surface area contributed by atoms with Crippen LogP contribution >= 0.6 is 11.8 Å². The molecule has 158 valence electrons. The maximum absolute atomic E-state index is 13.5. The number of nitrogens with zero attached hydrogens (tertiary/aromatic N) is 6. The molecule has 0 bridgehead atoms. The van der Waals surface area contributed by atoms with E-state index < -0.39 is 0 Å². The van der Waals surface area contributed by atoms with E-state index in [1.807, 2.05) is 27.1 Å².